The van der Waals surface area contributed by atoms with E-state index in [1.165, 1.54) is 96.3 Å². The summed E-state index contributed by atoms with van der Waals surface area (Å²) < 4.78 is 13.0. The molecule has 1 atom stereocenters. The van der Waals surface area contributed by atoms with Crippen LogP contribution in [0.1, 0.15) is 145 Å². The Morgan fingerprint density at radius 1 is 0.600 bits per heavy atom. The van der Waals surface area contributed by atoms with Crippen molar-refractivity contribution in [1.82, 2.24) is 0 Å². The summed E-state index contributed by atoms with van der Waals surface area (Å²) in [5, 5.41) is 0.157. The Morgan fingerprint density at radius 3 is 1.30 bits per heavy atom. The molecule has 0 aromatic heterocycles. The summed E-state index contributed by atoms with van der Waals surface area (Å²) in [6, 6.07) is 1.16. The predicted octanol–water partition coefficient (Wildman–Crippen LogP) is 9.81. The smallest absolute Gasteiger partial charge is 0.344 e. The van der Waals surface area contributed by atoms with Crippen LogP contribution in [0.25, 0.3) is 0 Å². The van der Waals surface area contributed by atoms with Gasteiger partial charge in [-0.25, -0.2) is 0 Å². The Bertz CT molecular complexity index is 364. The van der Waals surface area contributed by atoms with Crippen LogP contribution in [0.15, 0.2) is 0 Å². The van der Waals surface area contributed by atoms with Crippen LogP contribution < -0.4 is 0 Å². The van der Waals surface area contributed by atoms with Crippen LogP contribution in [0.2, 0.25) is 11.1 Å². The van der Waals surface area contributed by atoms with Crippen molar-refractivity contribution in [2.75, 3.05) is 13.2 Å². The van der Waals surface area contributed by atoms with E-state index in [9.17, 15) is 0 Å². The first-order valence-corrected chi connectivity index (χ1v) is 15.7. The van der Waals surface area contributed by atoms with Crippen LogP contribution in [-0.2, 0) is 8.85 Å². The molecule has 0 fully saturated rings. The minimum Gasteiger partial charge on any atom is -0.394 e. The van der Waals surface area contributed by atoms with E-state index in [1.54, 1.807) is 0 Å². The molecular weight excluding hydrogens is 384 g/mol. The average Bonchev–Trinajstić information content (AvgIpc) is 2.73. The fourth-order valence-electron chi connectivity index (χ4n) is 4.78. The summed E-state index contributed by atoms with van der Waals surface area (Å²) in [7, 11) is -2.21. The zero-order valence-electron chi connectivity index (χ0n) is 22.1. The van der Waals surface area contributed by atoms with Gasteiger partial charge >= 0.3 is 8.56 Å². The molecule has 3 heteroatoms. The van der Waals surface area contributed by atoms with E-state index in [4.69, 9.17) is 8.85 Å². The Morgan fingerprint density at radius 2 is 0.967 bits per heavy atom. The van der Waals surface area contributed by atoms with E-state index in [-0.39, 0.29) is 5.04 Å². The van der Waals surface area contributed by atoms with Crippen LogP contribution in [-0.4, -0.2) is 21.8 Å². The maximum absolute atomic E-state index is 6.49. The maximum Gasteiger partial charge on any atom is 0.344 e. The van der Waals surface area contributed by atoms with Crippen molar-refractivity contribution >= 4 is 8.56 Å². The van der Waals surface area contributed by atoms with E-state index >= 15 is 0 Å². The summed E-state index contributed by atoms with van der Waals surface area (Å²) in [5.74, 6) is 0.633. The molecule has 0 amide bonds. The summed E-state index contributed by atoms with van der Waals surface area (Å²) in [4.78, 5) is 0. The van der Waals surface area contributed by atoms with Gasteiger partial charge in [-0.15, -0.1) is 0 Å². The highest BCUT2D eigenvalue weighted by Gasteiger charge is 2.53. The molecule has 1 unspecified atom stereocenters. The number of hydrogen-bond acceptors (Lipinski definition) is 2. The summed E-state index contributed by atoms with van der Waals surface area (Å²) >= 11 is 0. The molecule has 0 saturated carbocycles. The third-order valence-electron chi connectivity index (χ3n) is 7.44. The highest BCUT2D eigenvalue weighted by Crippen LogP contribution is 2.49. The normalized spacial score (nSPS) is 13.7. The largest absolute Gasteiger partial charge is 0.394 e. The molecule has 0 rings (SSSR count). The molecule has 182 valence electrons. The first-order chi connectivity index (χ1) is 14.4. The van der Waals surface area contributed by atoms with Gasteiger partial charge in [0.1, 0.15) is 0 Å². The standard InChI is InChI=1S/C27H58O2Si/c1-8-12-13-14-15-16-17-18-19-20-21-22-23-24-25-30(28-10-3,29-11-4)27(6,7)26(5)9-2/h26H,8-25H2,1-7H3. The van der Waals surface area contributed by atoms with E-state index in [2.05, 4.69) is 48.5 Å². The molecule has 0 N–H and O–H groups in total. The van der Waals surface area contributed by atoms with Gasteiger partial charge in [0.15, 0.2) is 0 Å². The van der Waals surface area contributed by atoms with Gasteiger partial charge in [-0.3, -0.25) is 0 Å². The summed E-state index contributed by atoms with van der Waals surface area (Å²) in [6.07, 6.45) is 20.9. The molecular formula is C27H58O2Si. The van der Waals surface area contributed by atoms with Crippen molar-refractivity contribution < 1.29 is 8.85 Å². The van der Waals surface area contributed by atoms with Gasteiger partial charge < -0.3 is 8.85 Å². The number of hydrogen-bond donors (Lipinski definition) is 0. The first-order valence-electron chi connectivity index (χ1n) is 13.7. The summed E-state index contributed by atoms with van der Waals surface area (Å²) in [5.41, 5.74) is 0. The van der Waals surface area contributed by atoms with Gasteiger partial charge in [-0.1, -0.05) is 131 Å². The van der Waals surface area contributed by atoms with Gasteiger partial charge in [0, 0.05) is 18.3 Å². The fourth-order valence-corrected chi connectivity index (χ4v) is 9.15. The van der Waals surface area contributed by atoms with Gasteiger partial charge in [0.25, 0.3) is 0 Å². The minimum absolute atomic E-state index is 0.157. The predicted molar refractivity (Wildman–Crippen MR) is 138 cm³/mol. The lowest BCUT2D eigenvalue weighted by Crippen LogP contribution is -2.54. The Kier molecular flexibility index (Phi) is 18.8. The second-order valence-corrected chi connectivity index (χ2v) is 13.9. The van der Waals surface area contributed by atoms with Crippen LogP contribution in [0.3, 0.4) is 0 Å². The van der Waals surface area contributed by atoms with Crippen LogP contribution in [0.4, 0.5) is 0 Å². The molecule has 0 radical (unpaired) electrons. The van der Waals surface area contributed by atoms with Crippen LogP contribution in [0.5, 0.6) is 0 Å². The first kappa shape index (κ1) is 30.1. The van der Waals surface area contributed by atoms with E-state index < -0.39 is 8.56 Å². The molecule has 0 aromatic rings. The lowest BCUT2D eigenvalue weighted by atomic mass is 9.94. The SMILES string of the molecule is CCCCCCCCCCCCCCCC[Si](OCC)(OCC)C(C)(C)C(C)CC. The lowest BCUT2D eigenvalue weighted by molar-refractivity contribution is 0.140. The fraction of sp³-hybridized carbons (Fsp3) is 1.00. The van der Waals surface area contributed by atoms with E-state index in [0.717, 1.165) is 19.3 Å². The van der Waals surface area contributed by atoms with E-state index in [0.29, 0.717) is 5.92 Å². The molecule has 0 bridgehead atoms. The Labute approximate surface area is 192 Å². The second-order valence-electron chi connectivity index (χ2n) is 10.00. The van der Waals surface area contributed by atoms with Crippen molar-refractivity contribution in [3.63, 3.8) is 0 Å². The third kappa shape index (κ3) is 11.7. The van der Waals surface area contributed by atoms with Gasteiger partial charge in [-0.05, 0) is 25.8 Å². The van der Waals surface area contributed by atoms with Gasteiger partial charge in [0.2, 0.25) is 0 Å². The highest BCUT2D eigenvalue weighted by atomic mass is 28.4. The molecule has 30 heavy (non-hydrogen) atoms. The lowest BCUT2D eigenvalue weighted by Gasteiger charge is -2.46. The number of unbranched alkanes of at least 4 members (excludes halogenated alkanes) is 13. The molecule has 0 aliphatic carbocycles. The summed E-state index contributed by atoms with van der Waals surface area (Å²) in [6.45, 7) is 17.6. The highest BCUT2D eigenvalue weighted by molar-refractivity contribution is 6.70. The van der Waals surface area contributed by atoms with Crippen LogP contribution in [0, 0.1) is 5.92 Å². The van der Waals surface area contributed by atoms with Crippen molar-refractivity contribution in [3.8, 4) is 0 Å². The minimum atomic E-state index is -2.21. The zero-order valence-corrected chi connectivity index (χ0v) is 23.1. The topological polar surface area (TPSA) is 18.5 Å². The number of rotatable bonds is 22. The average molecular weight is 443 g/mol. The van der Waals surface area contributed by atoms with Crippen LogP contribution >= 0.6 is 0 Å². The quantitative estimate of drug-likeness (QED) is 0.123. The van der Waals surface area contributed by atoms with Crippen molar-refractivity contribution in [1.29, 1.82) is 0 Å². The third-order valence-corrected chi connectivity index (χ3v) is 12.4. The van der Waals surface area contributed by atoms with E-state index in [1.807, 2.05) is 0 Å². The van der Waals surface area contributed by atoms with Crippen molar-refractivity contribution in [2.24, 2.45) is 5.92 Å². The molecule has 2 nitrogen and oxygen atoms in total. The molecule has 0 aliphatic rings. The van der Waals surface area contributed by atoms with Gasteiger partial charge in [0.05, 0.1) is 0 Å². The van der Waals surface area contributed by atoms with Gasteiger partial charge in [-0.2, -0.15) is 0 Å². The van der Waals surface area contributed by atoms with Crippen molar-refractivity contribution in [3.05, 3.63) is 0 Å². The zero-order chi connectivity index (χ0) is 22.7. The molecule has 0 aromatic carbocycles. The maximum atomic E-state index is 6.49. The Balaban J connectivity index is 4.07. The monoisotopic (exact) mass is 442 g/mol. The molecule has 0 heterocycles. The molecule has 0 saturated heterocycles. The molecule has 0 spiro atoms. The molecule has 0 aliphatic heterocycles. The second kappa shape index (κ2) is 18.7. The van der Waals surface area contributed by atoms with Crippen molar-refractivity contribution in [2.45, 2.75) is 156 Å². The Hall–Kier alpha value is 0.137.